The molecule has 3 rings (SSSR count). The first-order chi connectivity index (χ1) is 10.3. The van der Waals surface area contributed by atoms with Crippen molar-refractivity contribution in [3.8, 4) is 0 Å². The van der Waals surface area contributed by atoms with E-state index in [1.165, 1.54) is 0 Å². The number of hydrogen-bond donors (Lipinski definition) is 1. The van der Waals surface area contributed by atoms with Crippen LogP contribution in [0.25, 0.3) is 10.8 Å². The third-order valence-corrected chi connectivity index (χ3v) is 6.26. The van der Waals surface area contributed by atoms with Crippen LogP contribution in [0.4, 0.5) is 0 Å². The number of hydrogen-bond acceptors (Lipinski definition) is 2. The topological polar surface area (TPSA) is 46.2 Å². The molecule has 1 unspecified atom stereocenters. The first-order valence-corrected chi connectivity index (χ1v) is 9.28. The van der Waals surface area contributed by atoms with Gasteiger partial charge < -0.3 is 0 Å². The third-order valence-electron chi connectivity index (χ3n) is 4.68. The normalized spacial score (nSPS) is 21.3. The van der Waals surface area contributed by atoms with Crippen molar-refractivity contribution in [1.29, 1.82) is 0 Å². The molecule has 2 aromatic carbocycles. The quantitative estimate of drug-likeness (QED) is 0.930. The number of aryl methyl sites for hydroxylation is 1. The summed E-state index contributed by atoms with van der Waals surface area (Å²) in [6.07, 6.45) is 2.88. The fraction of sp³-hybridized carbons (Fsp3) is 0.444. The molecule has 0 bridgehead atoms. The molecule has 1 N–H and O–H groups in total. The average molecular weight is 317 g/mol. The maximum Gasteiger partial charge on any atom is 0.241 e. The molecule has 1 aliphatic rings. The van der Waals surface area contributed by atoms with Crippen molar-refractivity contribution in [2.75, 3.05) is 0 Å². The number of nitrogens with one attached hydrogen (secondary N) is 1. The minimum absolute atomic E-state index is 0.0417. The van der Waals surface area contributed by atoms with Crippen LogP contribution in [0, 0.1) is 12.3 Å². The standard InChI is InChI=1S/C18H23NO2S/c1-13-8-9-17(16-7-5-4-6-15(13)16)22(20,21)19-14-10-11-18(2,3)12-14/h4-9,14,19H,10-12H2,1-3H3. The van der Waals surface area contributed by atoms with Crippen LogP contribution in [-0.2, 0) is 10.0 Å². The van der Waals surface area contributed by atoms with E-state index in [9.17, 15) is 8.42 Å². The highest BCUT2D eigenvalue weighted by molar-refractivity contribution is 7.89. The van der Waals surface area contributed by atoms with Gasteiger partial charge in [0.1, 0.15) is 0 Å². The second kappa shape index (κ2) is 5.36. The Hall–Kier alpha value is -1.39. The Kier molecular flexibility index (Phi) is 3.77. The first-order valence-electron chi connectivity index (χ1n) is 7.79. The maximum atomic E-state index is 12.8. The highest BCUT2D eigenvalue weighted by Gasteiger charge is 2.33. The van der Waals surface area contributed by atoms with E-state index in [0.29, 0.717) is 4.90 Å². The molecule has 0 saturated heterocycles. The molecule has 0 aromatic heterocycles. The number of sulfonamides is 1. The van der Waals surface area contributed by atoms with E-state index in [1.54, 1.807) is 6.07 Å². The van der Waals surface area contributed by atoms with E-state index < -0.39 is 10.0 Å². The molecule has 1 fully saturated rings. The second-order valence-corrected chi connectivity index (χ2v) is 8.83. The van der Waals surface area contributed by atoms with Crippen LogP contribution in [0.2, 0.25) is 0 Å². The van der Waals surface area contributed by atoms with Gasteiger partial charge in [-0.25, -0.2) is 13.1 Å². The van der Waals surface area contributed by atoms with Crippen molar-refractivity contribution >= 4 is 20.8 Å². The summed E-state index contributed by atoms with van der Waals surface area (Å²) in [6.45, 7) is 6.40. The summed E-state index contributed by atoms with van der Waals surface area (Å²) in [5, 5.41) is 1.80. The lowest BCUT2D eigenvalue weighted by molar-refractivity contribution is 0.372. The van der Waals surface area contributed by atoms with E-state index >= 15 is 0 Å². The Balaban J connectivity index is 1.98. The summed E-state index contributed by atoms with van der Waals surface area (Å²) in [5.74, 6) is 0. The monoisotopic (exact) mass is 317 g/mol. The molecule has 1 aliphatic carbocycles. The van der Waals surface area contributed by atoms with Crippen molar-refractivity contribution in [3.63, 3.8) is 0 Å². The summed E-state index contributed by atoms with van der Waals surface area (Å²) in [7, 11) is -3.49. The fourth-order valence-electron chi connectivity index (χ4n) is 3.48. The Morgan fingerprint density at radius 3 is 2.41 bits per heavy atom. The van der Waals surface area contributed by atoms with Gasteiger partial charge in [-0.3, -0.25) is 0 Å². The molecule has 1 atom stereocenters. The summed E-state index contributed by atoms with van der Waals surface area (Å²) in [6, 6.07) is 11.3. The first kappa shape index (κ1) is 15.5. The number of fused-ring (bicyclic) bond motifs is 1. The predicted octanol–water partition coefficient (Wildman–Crippen LogP) is 4.01. The Morgan fingerprint density at radius 2 is 1.77 bits per heavy atom. The van der Waals surface area contributed by atoms with Crippen molar-refractivity contribution in [1.82, 2.24) is 4.72 Å². The largest absolute Gasteiger partial charge is 0.241 e. The minimum atomic E-state index is -3.49. The van der Waals surface area contributed by atoms with Crippen LogP contribution in [-0.4, -0.2) is 14.5 Å². The molecule has 4 heteroatoms. The average Bonchev–Trinajstić information content (AvgIpc) is 2.77. The van der Waals surface area contributed by atoms with E-state index in [-0.39, 0.29) is 11.5 Å². The Bertz CT molecular complexity index is 809. The molecule has 0 heterocycles. The van der Waals surface area contributed by atoms with E-state index in [4.69, 9.17) is 0 Å². The van der Waals surface area contributed by atoms with Crippen LogP contribution in [0.3, 0.4) is 0 Å². The summed E-state index contributed by atoms with van der Waals surface area (Å²) < 4.78 is 28.5. The molecule has 0 radical (unpaired) electrons. The number of rotatable bonds is 3. The van der Waals surface area contributed by atoms with Gasteiger partial charge in [0.15, 0.2) is 0 Å². The van der Waals surface area contributed by atoms with E-state index in [2.05, 4.69) is 18.6 Å². The highest BCUT2D eigenvalue weighted by Crippen LogP contribution is 2.37. The third kappa shape index (κ3) is 2.90. The molecule has 2 aromatic rings. The zero-order valence-electron chi connectivity index (χ0n) is 13.4. The van der Waals surface area contributed by atoms with Crippen LogP contribution in [0.1, 0.15) is 38.7 Å². The van der Waals surface area contributed by atoms with Gasteiger partial charge in [-0.2, -0.15) is 0 Å². The number of benzene rings is 2. The Morgan fingerprint density at radius 1 is 1.09 bits per heavy atom. The lowest BCUT2D eigenvalue weighted by Crippen LogP contribution is -2.33. The van der Waals surface area contributed by atoms with E-state index in [0.717, 1.165) is 35.6 Å². The lowest BCUT2D eigenvalue weighted by atomic mass is 9.92. The SMILES string of the molecule is Cc1ccc(S(=O)(=O)NC2CCC(C)(C)C2)c2ccccc12. The van der Waals surface area contributed by atoms with Gasteiger partial charge >= 0.3 is 0 Å². The van der Waals surface area contributed by atoms with Gasteiger partial charge in [0.2, 0.25) is 10.0 Å². The molecule has 118 valence electrons. The molecule has 22 heavy (non-hydrogen) atoms. The van der Waals surface area contributed by atoms with Crippen molar-refractivity contribution in [2.45, 2.75) is 51.0 Å². The molecule has 0 spiro atoms. The summed E-state index contributed by atoms with van der Waals surface area (Å²) >= 11 is 0. The predicted molar refractivity (Wildman–Crippen MR) is 90.4 cm³/mol. The molecule has 3 nitrogen and oxygen atoms in total. The minimum Gasteiger partial charge on any atom is -0.208 e. The molecular formula is C18H23NO2S. The Labute approximate surface area is 132 Å². The zero-order chi connectivity index (χ0) is 16.0. The van der Waals surface area contributed by atoms with Gasteiger partial charge in [0.25, 0.3) is 0 Å². The van der Waals surface area contributed by atoms with Gasteiger partial charge in [0.05, 0.1) is 4.90 Å². The lowest BCUT2D eigenvalue weighted by Gasteiger charge is -2.18. The van der Waals surface area contributed by atoms with Gasteiger partial charge in [0, 0.05) is 11.4 Å². The van der Waals surface area contributed by atoms with Crippen LogP contribution >= 0.6 is 0 Å². The molecule has 0 amide bonds. The smallest absolute Gasteiger partial charge is 0.208 e. The van der Waals surface area contributed by atoms with Gasteiger partial charge in [-0.05, 0) is 48.6 Å². The fourth-order valence-corrected chi connectivity index (χ4v) is 4.96. The summed E-state index contributed by atoms with van der Waals surface area (Å²) in [5.41, 5.74) is 1.32. The van der Waals surface area contributed by atoms with Crippen LogP contribution in [0.15, 0.2) is 41.3 Å². The van der Waals surface area contributed by atoms with Crippen LogP contribution in [0.5, 0.6) is 0 Å². The van der Waals surface area contributed by atoms with Crippen molar-refractivity contribution in [2.24, 2.45) is 5.41 Å². The van der Waals surface area contributed by atoms with Gasteiger partial charge in [-0.1, -0.05) is 44.2 Å². The van der Waals surface area contributed by atoms with E-state index in [1.807, 2.05) is 37.3 Å². The highest BCUT2D eigenvalue weighted by atomic mass is 32.2. The van der Waals surface area contributed by atoms with Crippen molar-refractivity contribution < 1.29 is 8.42 Å². The molecule has 1 saturated carbocycles. The molecular weight excluding hydrogens is 294 g/mol. The van der Waals surface area contributed by atoms with Crippen molar-refractivity contribution in [3.05, 3.63) is 42.0 Å². The van der Waals surface area contributed by atoms with Crippen LogP contribution < -0.4 is 4.72 Å². The second-order valence-electron chi connectivity index (χ2n) is 7.15. The van der Waals surface area contributed by atoms with Gasteiger partial charge in [-0.15, -0.1) is 0 Å². The molecule has 0 aliphatic heterocycles. The maximum absolute atomic E-state index is 12.8. The zero-order valence-corrected chi connectivity index (χ0v) is 14.2. The summed E-state index contributed by atoms with van der Waals surface area (Å²) in [4.78, 5) is 0.387.